The molecule has 1 saturated heterocycles. The first-order valence-corrected chi connectivity index (χ1v) is 6.84. The van der Waals surface area contributed by atoms with Crippen LogP contribution in [0.15, 0.2) is 24.5 Å². The molecule has 18 heavy (non-hydrogen) atoms. The zero-order valence-corrected chi connectivity index (χ0v) is 11.4. The lowest BCUT2D eigenvalue weighted by molar-refractivity contribution is 0.0606. The predicted molar refractivity (Wildman–Crippen MR) is 74.3 cm³/mol. The maximum atomic E-state index is 5.97. The van der Waals surface area contributed by atoms with Crippen molar-refractivity contribution < 1.29 is 0 Å². The Bertz CT molecular complexity index is 354. The van der Waals surface area contributed by atoms with E-state index in [0.717, 1.165) is 26.2 Å². The minimum Gasteiger partial charge on any atom is -0.329 e. The number of hydrogen-bond acceptors (Lipinski definition) is 4. The van der Waals surface area contributed by atoms with E-state index in [-0.39, 0.29) is 0 Å². The molecule has 0 bridgehead atoms. The quantitative estimate of drug-likeness (QED) is 0.867. The third-order valence-corrected chi connectivity index (χ3v) is 3.94. The molecule has 0 radical (unpaired) electrons. The zero-order chi connectivity index (χ0) is 13.0. The highest BCUT2D eigenvalue weighted by Gasteiger charge is 2.27. The van der Waals surface area contributed by atoms with Gasteiger partial charge in [0.25, 0.3) is 0 Å². The fourth-order valence-electron chi connectivity index (χ4n) is 2.85. The van der Waals surface area contributed by atoms with Gasteiger partial charge in [-0.05, 0) is 25.1 Å². The van der Waals surface area contributed by atoms with E-state index in [4.69, 9.17) is 5.73 Å². The van der Waals surface area contributed by atoms with Gasteiger partial charge in [0.2, 0.25) is 0 Å². The summed E-state index contributed by atoms with van der Waals surface area (Å²) in [6.45, 7) is 9.63. The summed E-state index contributed by atoms with van der Waals surface area (Å²) < 4.78 is 0. The SMILES string of the molecule is CCN1CCN(C(CN)c2cccnc2)CC1C. The summed E-state index contributed by atoms with van der Waals surface area (Å²) in [6.07, 6.45) is 3.75. The molecule has 1 aromatic rings. The van der Waals surface area contributed by atoms with Crippen molar-refractivity contribution in [3.63, 3.8) is 0 Å². The number of aromatic nitrogens is 1. The molecule has 1 aromatic heterocycles. The van der Waals surface area contributed by atoms with Crippen LogP contribution in [0.4, 0.5) is 0 Å². The fourth-order valence-corrected chi connectivity index (χ4v) is 2.85. The van der Waals surface area contributed by atoms with Crippen LogP contribution < -0.4 is 5.73 Å². The average molecular weight is 248 g/mol. The van der Waals surface area contributed by atoms with Crippen molar-refractivity contribution in [1.29, 1.82) is 0 Å². The van der Waals surface area contributed by atoms with Crippen LogP contribution in [0, 0.1) is 0 Å². The molecule has 2 atom stereocenters. The molecular weight excluding hydrogens is 224 g/mol. The molecule has 0 saturated carbocycles. The maximum Gasteiger partial charge on any atom is 0.0486 e. The number of hydrogen-bond donors (Lipinski definition) is 1. The van der Waals surface area contributed by atoms with Gasteiger partial charge < -0.3 is 5.73 Å². The number of likely N-dealkylation sites (N-methyl/N-ethyl adjacent to an activating group) is 1. The van der Waals surface area contributed by atoms with E-state index in [2.05, 4.69) is 34.7 Å². The number of nitrogens with zero attached hydrogens (tertiary/aromatic N) is 3. The second-order valence-corrected chi connectivity index (χ2v) is 5.01. The van der Waals surface area contributed by atoms with Gasteiger partial charge in [-0.2, -0.15) is 0 Å². The van der Waals surface area contributed by atoms with E-state index in [0.29, 0.717) is 18.6 Å². The fraction of sp³-hybridized carbons (Fsp3) is 0.643. The maximum absolute atomic E-state index is 5.97. The summed E-state index contributed by atoms with van der Waals surface area (Å²) in [5.74, 6) is 0. The van der Waals surface area contributed by atoms with Crippen molar-refractivity contribution in [1.82, 2.24) is 14.8 Å². The lowest BCUT2D eigenvalue weighted by Crippen LogP contribution is -2.53. The topological polar surface area (TPSA) is 45.4 Å². The molecule has 4 nitrogen and oxygen atoms in total. The van der Waals surface area contributed by atoms with E-state index in [1.807, 2.05) is 18.5 Å². The van der Waals surface area contributed by atoms with Crippen LogP contribution in [0.1, 0.15) is 25.5 Å². The van der Waals surface area contributed by atoms with E-state index in [9.17, 15) is 0 Å². The Hall–Kier alpha value is -0.970. The van der Waals surface area contributed by atoms with Crippen LogP contribution in [0.25, 0.3) is 0 Å². The molecular formula is C14H24N4. The molecule has 0 aromatic carbocycles. The van der Waals surface area contributed by atoms with E-state index >= 15 is 0 Å². The van der Waals surface area contributed by atoms with E-state index < -0.39 is 0 Å². The number of piperazine rings is 1. The molecule has 2 heterocycles. The Morgan fingerprint density at radius 2 is 2.33 bits per heavy atom. The molecule has 2 N–H and O–H groups in total. The molecule has 0 amide bonds. The monoisotopic (exact) mass is 248 g/mol. The van der Waals surface area contributed by atoms with Crippen molar-refractivity contribution in [3.8, 4) is 0 Å². The Balaban J connectivity index is 2.06. The highest BCUT2D eigenvalue weighted by atomic mass is 15.3. The molecule has 0 spiro atoms. The normalized spacial score (nSPS) is 24.1. The largest absolute Gasteiger partial charge is 0.329 e. The second-order valence-electron chi connectivity index (χ2n) is 5.01. The smallest absolute Gasteiger partial charge is 0.0486 e. The first-order chi connectivity index (χ1) is 8.76. The number of rotatable bonds is 4. The van der Waals surface area contributed by atoms with Crippen LogP contribution in [0.5, 0.6) is 0 Å². The summed E-state index contributed by atoms with van der Waals surface area (Å²) in [7, 11) is 0. The Kier molecular flexibility index (Phi) is 4.69. The van der Waals surface area contributed by atoms with Crippen molar-refractivity contribution >= 4 is 0 Å². The van der Waals surface area contributed by atoms with Gasteiger partial charge >= 0.3 is 0 Å². The Morgan fingerprint density at radius 3 is 2.89 bits per heavy atom. The molecule has 2 rings (SSSR count). The first-order valence-electron chi connectivity index (χ1n) is 6.84. The van der Waals surface area contributed by atoms with Gasteiger partial charge in [0.05, 0.1) is 0 Å². The summed E-state index contributed by atoms with van der Waals surface area (Å²) >= 11 is 0. The van der Waals surface area contributed by atoms with Crippen LogP contribution in [-0.4, -0.2) is 53.5 Å². The Morgan fingerprint density at radius 1 is 1.50 bits per heavy atom. The second kappa shape index (κ2) is 6.27. The Labute approximate surface area is 110 Å². The van der Waals surface area contributed by atoms with Crippen molar-refractivity contribution in [2.75, 3.05) is 32.7 Å². The van der Waals surface area contributed by atoms with E-state index in [1.54, 1.807) is 0 Å². The van der Waals surface area contributed by atoms with Crippen LogP contribution in [-0.2, 0) is 0 Å². The zero-order valence-electron chi connectivity index (χ0n) is 11.4. The van der Waals surface area contributed by atoms with Crippen LogP contribution in [0.3, 0.4) is 0 Å². The number of pyridine rings is 1. The van der Waals surface area contributed by atoms with Gasteiger partial charge in [-0.15, -0.1) is 0 Å². The van der Waals surface area contributed by atoms with Crippen molar-refractivity contribution in [3.05, 3.63) is 30.1 Å². The average Bonchev–Trinajstić information content (AvgIpc) is 2.41. The van der Waals surface area contributed by atoms with Crippen molar-refractivity contribution in [2.24, 2.45) is 5.73 Å². The first kappa shape index (κ1) is 13.5. The van der Waals surface area contributed by atoms with Gasteiger partial charge in [-0.3, -0.25) is 14.8 Å². The predicted octanol–water partition coefficient (Wildman–Crippen LogP) is 1.11. The van der Waals surface area contributed by atoms with E-state index in [1.165, 1.54) is 5.56 Å². The van der Waals surface area contributed by atoms with Gasteiger partial charge in [0.1, 0.15) is 0 Å². The summed E-state index contributed by atoms with van der Waals surface area (Å²) in [4.78, 5) is 9.22. The van der Waals surface area contributed by atoms with Crippen LogP contribution >= 0.6 is 0 Å². The molecule has 4 heteroatoms. The molecule has 1 aliphatic heterocycles. The van der Waals surface area contributed by atoms with Crippen molar-refractivity contribution in [2.45, 2.75) is 25.9 Å². The molecule has 1 fully saturated rings. The lowest BCUT2D eigenvalue weighted by atomic mass is 10.0. The highest BCUT2D eigenvalue weighted by Crippen LogP contribution is 2.22. The third-order valence-electron chi connectivity index (χ3n) is 3.94. The minimum absolute atomic E-state index is 0.306. The van der Waals surface area contributed by atoms with Gasteiger partial charge in [0.15, 0.2) is 0 Å². The summed E-state index contributed by atoms with van der Waals surface area (Å²) in [5, 5.41) is 0. The highest BCUT2D eigenvalue weighted by molar-refractivity contribution is 5.15. The standard InChI is InChI=1S/C14H24N4/c1-3-17-7-8-18(11-12(17)2)14(9-15)13-5-4-6-16-10-13/h4-6,10,12,14H,3,7-9,11,15H2,1-2H3. The molecule has 100 valence electrons. The van der Waals surface area contributed by atoms with Gasteiger partial charge in [0, 0.05) is 50.7 Å². The van der Waals surface area contributed by atoms with Gasteiger partial charge in [-0.25, -0.2) is 0 Å². The molecule has 1 aliphatic rings. The summed E-state index contributed by atoms with van der Waals surface area (Å²) in [6, 6.07) is 5.03. The van der Waals surface area contributed by atoms with Gasteiger partial charge in [-0.1, -0.05) is 13.0 Å². The lowest BCUT2D eigenvalue weighted by Gasteiger charge is -2.42. The molecule has 0 aliphatic carbocycles. The molecule has 2 unspecified atom stereocenters. The number of nitrogens with two attached hydrogens (primary N) is 1. The third kappa shape index (κ3) is 2.88. The van der Waals surface area contributed by atoms with Crippen LogP contribution in [0.2, 0.25) is 0 Å². The minimum atomic E-state index is 0.306. The summed E-state index contributed by atoms with van der Waals surface area (Å²) in [5.41, 5.74) is 7.20.